The molecule has 3 saturated heterocycles. The number of piperidine rings is 3. The Kier molecular flexibility index (Phi) is 25.5. The summed E-state index contributed by atoms with van der Waals surface area (Å²) in [5.41, 5.74) is 29.6. The minimum atomic E-state index is -4.51. The molecule has 9 heterocycles. The van der Waals surface area contributed by atoms with E-state index in [4.69, 9.17) is 32.5 Å². The third kappa shape index (κ3) is 18.5. The van der Waals surface area contributed by atoms with Crippen LogP contribution in [0.5, 0.6) is 0 Å². The second-order valence-corrected chi connectivity index (χ2v) is 30.2. The molecule has 0 saturated carbocycles. The third-order valence-electron chi connectivity index (χ3n) is 22.4. The number of nitrogens with two attached hydrogens (primary N) is 3. The van der Waals surface area contributed by atoms with E-state index in [0.717, 1.165) is 107 Å². The Labute approximate surface area is 687 Å². The summed E-state index contributed by atoms with van der Waals surface area (Å²) in [5, 5.41) is 16.6. The predicted molar refractivity (Wildman–Crippen MR) is 447 cm³/mol. The SMILES string of the molecule is C=CC(=O)N1CCC[C@@H](n2nc(-c3ccc(CCC(=O)c4c(C)cccc4C)cc3)c3c(N)ncnc32)C1.C=CC(=O)N1CCC[C@@H](n2nc(-c3ccc(CCC(=O)c4cc(C(F)(F)F)ccc4C)cc3)c3c(N)ncnc32)C1.C=CC(=O)N1CCC[C@@H](n2nc(-c3ccc(CCC(=O)c4cccc(C(F)(F)F)c4C)cc3)c3c(N)ncnc32)C1. The lowest BCUT2D eigenvalue weighted by Crippen LogP contribution is -2.40. The van der Waals surface area contributed by atoms with Gasteiger partial charge in [-0.3, -0.25) is 28.8 Å². The normalized spacial score (nSPS) is 15.7. The highest BCUT2D eigenvalue weighted by atomic mass is 19.4. The number of nitrogen functional groups attached to an aromatic ring is 3. The number of benzene rings is 6. The van der Waals surface area contributed by atoms with Crippen molar-refractivity contribution in [2.24, 2.45) is 0 Å². The molecule has 3 amide bonds. The summed E-state index contributed by atoms with van der Waals surface area (Å²) in [6.07, 6.45) is 6.18. The number of alkyl halides is 6. The first-order chi connectivity index (χ1) is 57.5. The van der Waals surface area contributed by atoms with Gasteiger partial charge in [-0.2, -0.15) is 41.6 Å². The molecule has 120 heavy (non-hydrogen) atoms. The number of carbonyl (C=O) groups is 6. The number of carbonyl (C=O) groups excluding carboxylic acids is 6. The molecule has 3 aliphatic rings. The number of Topliss-reactive ketones (excluding diaryl/α,β-unsaturated/α-hetero) is 3. The van der Waals surface area contributed by atoms with Crippen molar-refractivity contribution in [2.75, 3.05) is 56.5 Å². The number of amides is 3. The molecule has 0 aliphatic carbocycles. The molecule has 15 rings (SSSR count). The molecule has 3 atom stereocenters. The van der Waals surface area contributed by atoms with E-state index in [9.17, 15) is 55.1 Å². The van der Waals surface area contributed by atoms with Gasteiger partial charge in [0.25, 0.3) is 0 Å². The second kappa shape index (κ2) is 36.2. The van der Waals surface area contributed by atoms with Crippen LogP contribution < -0.4 is 17.2 Å². The molecule has 30 heteroatoms. The quantitative estimate of drug-likeness (QED) is 0.0342. The van der Waals surface area contributed by atoms with E-state index in [2.05, 4.69) is 49.6 Å². The molecule has 24 nitrogen and oxygen atoms in total. The molecule has 0 radical (unpaired) electrons. The van der Waals surface area contributed by atoms with Crippen LogP contribution in [0.2, 0.25) is 0 Å². The van der Waals surface area contributed by atoms with Crippen LogP contribution in [-0.4, -0.2) is 148 Å². The smallest absolute Gasteiger partial charge is 0.383 e. The zero-order valence-electron chi connectivity index (χ0n) is 66.8. The third-order valence-corrected chi connectivity index (χ3v) is 22.4. The Hall–Kier alpha value is -13.4. The summed E-state index contributed by atoms with van der Waals surface area (Å²) >= 11 is 0. The summed E-state index contributed by atoms with van der Waals surface area (Å²) in [4.78, 5) is 106. The number of fused-ring (bicyclic) bond motifs is 3. The zero-order chi connectivity index (χ0) is 85.4. The summed E-state index contributed by atoms with van der Waals surface area (Å²) in [5.74, 6) is 0.0926. The van der Waals surface area contributed by atoms with Crippen molar-refractivity contribution in [3.05, 3.63) is 251 Å². The summed E-state index contributed by atoms with van der Waals surface area (Å²) in [7, 11) is 0. The van der Waals surface area contributed by atoms with Crippen LogP contribution in [0.15, 0.2) is 184 Å². The van der Waals surface area contributed by atoms with Crippen molar-refractivity contribution in [1.82, 2.24) is 73.9 Å². The lowest BCUT2D eigenvalue weighted by atomic mass is 9.95. The number of hydrogen-bond donors (Lipinski definition) is 3. The van der Waals surface area contributed by atoms with E-state index < -0.39 is 23.5 Å². The van der Waals surface area contributed by atoms with Crippen molar-refractivity contribution < 1.29 is 55.1 Å². The van der Waals surface area contributed by atoms with Gasteiger partial charge in [0.05, 0.1) is 45.4 Å². The van der Waals surface area contributed by atoms with Crippen molar-refractivity contribution in [3.63, 3.8) is 0 Å². The van der Waals surface area contributed by atoms with Crippen LogP contribution in [0.25, 0.3) is 66.9 Å². The van der Waals surface area contributed by atoms with Crippen molar-refractivity contribution in [3.8, 4) is 33.8 Å². The number of likely N-dealkylation sites (tertiary alicyclic amines) is 3. The number of anilines is 3. The molecule has 0 spiro atoms. The van der Waals surface area contributed by atoms with E-state index >= 15 is 0 Å². The Bertz CT molecular complexity index is 5720. The van der Waals surface area contributed by atoms with Gasteiger partial charge in [-0.1, -0.05) is 129 Å². The van der Waals surface area contributed by atoms with Crippen molar-refractivity contribution in [2.45, 2.75) is 135 Å². The second-order valence-electron chi connectivity index (χ2n) is 30.2. The molecule has 0 unspecified atom stereocenters. The maximum atomic E-state index is 13.3. The highest BCUT2D eigenvalue weighted by molar-refractivity contribution is 6.03. The predicted octanol–water partition coefficient (Wildman–Crippen LogP) is 16.0. The number of rotatable bonds is 21. The molecule has 3 aliphatic heterocycles. The van der Waals surface area contributed by atoms with Crippen LogP contribution in [0.3, 0.4) is 0 Å². The average Bonchev–Trinajstić information content (AvgIpc) is 1.60. The standard InChI is InChI=1S/2C30H29F3N6O2.C30H32N6O2/c1-3-25(41)38-15-5-6-21(16-38)39-29-26(28(34)35-17-36-29)27(37-39)20-12-9-19(10-13-20)11-14-24(40)22-7-4-8-23(18(22)2)30(31,32)33;1-3-25(41)38-14-4-5-22(16-38)39-29-26(28(34)35-17-36-29)27(37-39)20-10-7-19(8-11-20)9-13-24(40)23-15-21(30(31,32)33)12-6-18(23)2;1-4-25(38)35-16-6-9-23(17-35)36-30-27(29(31)32-18-33-30)28(34-36)22-13-10-21(11-14-22)12-15-24(37)26-19(2)7-5-8-20(26)3/h3-4,7-10,12-13,17,21H,1,5-6,11,14-16H2,2H3,(H2,34,35,36);3,6-8,10-12,15,17,22H,1,4-5,9,13-14,16H2,2H3,(H2,34,35,36);4-5,7-8,10-11,13-14,18,23H,1,6,9,12,15-17H2,2-3H3,(H2,31,32,33)/t21-;22-;23-/m111/s1. The molecule has 6 N–H and O–H groups in total. The number of aromatic nitrogens is 12. The first-order valence-corrected chi connectivity index (χ1v) is 39.5. The maximum absolute atomic E-state index is 13.3. The number of halogens is 6. The molecule has 0 bridgehead atoms. The summed E-state index contributed by atoms with van der Waals surface area (Å²) in [6.45, 7) is 21.2. The topological polar surface area (TPSA) is 321 Å². The van der Waals surface area contributed by atoms with Gasteiger partial charge in [0.1, 0.15) is 53.5 Å². The Morgan fingerprint density at radius 1 is 0.425 bits per heavy atom. The zero-order valence-corrected chi connectivity index (χ0v) is 66.8. The summed E-state index contributed by atoms with van der Waals surface area (Å²) in [6, 6.07) is 35.6. The van der Waals surface area contributed by atoms with Gasteiger partial charge >= 0.3 is 12.4 Å². The number of aryl methyl sites for hydroxylation is 6. The van der Waals surface area contributed by atoms with Gasteiger partial charge in [0.2, 0.25) is 17.7 Å². The van der Waals surface area contributed by atoms with Crippen LogP contribution in [0, 0.1) is 27.7 Å². The number of hydrogen-bond acceptors (Lipinski definition) is 18. The number of ketones is 3. The maximum Gasteiger partial charge on any atom is 0.416 e. The highest BCUT2D eigenvalue weighted by Gasteiger charge is 2.36. The monoisotopic (exact) mass is 1630 g/mol. The fraction of sp³-hybridized carbons (Fsp3) is 0.300. The Morgan fingerprint density at radius 2 is 0.775 bits per heavy atom. The van der Waals surface area contributed by atoms with E-state index in [1.54, 1.807) is 21.6 Å². The van der Waals surface area contributed by atoms with E-state index in [0.29, 0.717) is 127 Å². The fourth-order valence-corrected chi connectivity index (χ4v) is 16.1. The lowest BCUT2D eigenvalue weighted by molar-refractivity contribution is -0.138. The van der Waals surface area contributed by atoms with Crippen molar-refractivity contribution >= 4 is 85.6 Å². The molecular formula is C90H90F6N18O6. The molecule has 6 aromatic heterocycles. The molecule has 3 fully saturated rings. The number of nitrogens with zero attached hydrogens (tertiary/aromatic N) is 15. The molecule has 6 aromatic carbocycles. The van der Waals surface area contributed by atoms with Crippen LogP contribution in [0.1, 0.15) is 157 Å². The average molecular weight is 1630 g/mol. The van der Waals surface area contributed by atoms with Gasteiger partial charge in [-0.25, -0.2) is 43.9 Å². The van der Waals surface area contributed by atoms with Gasteiger partial charge in [0, 0.05) is 91.9 Å². The first-order valence-electron chi connectivity index (χ1n) is 39.5. The summed E-state index contributed by atoms with van der Waals surface area (Å²) < 4.78 is 84.7. The van der Waals surface area contributed by atoms with Gasteiger partial charge in [-0.05, 0) is 161 Å². The van der Waals surface area contributed by atoms with Gasteiger partial charge in [0.15, 0.2) is 34.3 Å². The van der Waals surface area contributed by atoms with Crippen molar-refractivity contribution in [1.29, 1.82) is 0 Å². The minimum absolute atomic E-state index is 0.0200. The fourth-order valence-electron chi connectivity index (χ4n) is 16.1. The van der Waals surface area contributed by atoms with Gasteiger partial charge < -0.3 is 31.9 Å². The van der Waals surface area contributed by atoms with E-state index in [1.807, 2.05) is 119 Å². The van der Waals surface area contributed by atoms with Crippen LogP contribution >= 0.6 is 0 Å². The molecule has 618 valence electrons. The van der Waals surface area contributed by atoms with Crippen LogP contribution in [0.4, 0.5) is 43.8 Å². The molecular weight excluding hydrogens is 1540 g/mol. The molecule has 12 aromatic rings. The Balaban J connectivity index is 0.000000156. The highest BCUT2D eigenvalue weighted by Crippen LogP contribution is 2.40. The first kappa shape index (κ1) is 84.5. The largest absolute Gasteiger partial charge is 0.416 e. The van der Waals surface area contributed by atoms with E-state index in [1.165, 1.54) is 62.3 Å². The van der Waals surface area contributed by atoms with Gasteiger partial charge in [-0.15, -0.1) is 0 Å². The van der Waals surface area contributed by atoms with Crippen LogP contribution in [-0.2, 0) is 46.0 Å². The minimum Gasteiger partial charge on any atom is -0.383 e. The lowest BCUT2D eigenvalue weighted by Gasteiger charge is -2.32. The Morgan fingerprint density at radius 3 is 1.12 bits per heavy atom. The van der Waals surface area contributed by atoms with E-state index in [-0.39, 0.29) is 94.4 Å².